The fraction of sp³-hybridized carbons (Fsp3) is 0.429. The van der Waals surface area contributed by atoms with E-state index in [2.05, 4.69) is 16.4 Å². The van der Waals surface area contributed by atoms with Gasteiger partial charge in [0, 0.05) is 13.1 Å². The summed E-state index contributed by atoms with van der Waals surface area (Å²) in [6, 6.07) is 7.49. The van der Waals surface area contributed by atoms with E-state index in [1.54, 1.807) is 0 Å². The van der Waals surface area contributed by atoms with Crippen LogP contribution in [0, 0.1) is 0 Å². The van der Waals surface area contributed by atoms with E-state index in [0.717, 1.165) is 30.4 Å². The van der Waals surface area contributed by atoms with Crippen LogP contribution < -0.4 is 16.6 Å². The molecule has 0 bridgehead atoms. The number of rotatable bonds is 4. The summed E-state index contributed by atoms with van der Waals surface area (Å²) in [6.07, 6.45) is 8.33. The van der Waals surface area contributed by atoms with Gasteiger partial charge in [0.2, 0.25) is 5.88 Å². The maximum atomic E-state index is 12.5. The molecule has 0 spiro atoms. The number of hydrogen-bond donors (Lipinski definition) is 3. The molecule has 3 N–H and O–H groups in total. The minimum atomic E-state index is -0.554. The van der Waals surface area contributed by atoms with Crippen molar-refractivity contribution >= 4 is 0 Å². The fourth-order valence-electron chi connectivity index (χ4n) is 4.19. The maximum absolute atomic E-state index is 12.5. The zero-order chi connectivity index (χ0) is 18.8. The predicted octanol–water partition coefficient (Wildman–Crippen LogP) is 2.37. The summed E-state index contributed by atoms with van der Waals surface area (Å²) in [5, 5.41) is 14.2. The fourth-order valence-corrected chi connectivity index (χ4v) is 4.19. The van der Waals surface area contributed by atoms with E-state index in [4.69, 9.17) is 0 Å². The van der Waals surface area contributed by atoms with Crippen LogP contribution in [0.1, 0.15) is 54.8 Å². The SMILES string of the molecule is O=c1[nH]c(=O)n(CCC2=CCCCC2)c(O)c1[C@H]1NCCc2ccccc21. The number of aromatic nitrogens is 2. The van der Waals surface area contributed by atoms with Gasteiger partial charge in [-0.2, -0.15) is 0 Å². The van der Waals surface area contributed by atoms with Gasteiger partial charge < -0.3 is 10.4 Å². The van der Waals surface area contributed by atoms with Crippen LogP contribution in [0.3, 0.4) is 0 Å². The number of aromatic hydroxyl groups is 1. The summed E-state index contributed by atoms with van der Waals surface area (Å²) in [6.45, 7) is 1.08. The quantitative estimate of drug-likeness (QED) is 0.724. The first-order chi connectivity index (χ1) is 13.1. The summed E-state index contributed by atoms with van der Waals surface area (Å²) >= 11 is 0. The molecule has 1 atom stereocenters. The Morgan fingerprint density at radius 3 is 2.81 bits per heavy atom. The van der Waals surface area contributed by atoms with E-state index in [0.29, 0.717) is 19.5 Å². The predicted molar refractivity (Wildman–Crippen MR) is 104 cm³/mol. The van der Waals surface area contributed by atoms with Crippen LogP contribution in [-0.2, 0) is 13.0 Å². The second-order valence-corrected chi connectivity index (χ2v) is 7.34. The van der Waals surface area contributed by atoms with Gasteiger partial charge in [-0.05, 0) is 49.7 Å². The minimum Gasteiger partial charge on any atom is -0.494 e. The average molecular weight is 367 g/mol. The van der Waals surface area contributed by atoms with Gasteiger partial charge in [0.05, 0.1) is 11.6 Å². The molecule has 0 amide bonds. The Kier molecular flexibility index (Phi) is 4.99. The molecule has 0 radical (unpaired) electrons. The second-order valence-electron chi connectivity index (χ2n) is 7.34. The summed E-state index contributed by atoms with van der Waals surface area (Å²) in [5.74, 6) is -0.227. The molecule has 0 saturated carbocycles. The van der Waals surface area contributed by atoms with Crippen molar-refractivity contribution < 1.29 is 5.11 Å². The van der Waals surface area contributed by atoms with Gasteiger partial charge in [0.25, 0.3) is 5.56 Å². The molecule has 6 nitrogen and oxygen atoms in total. The van der Waals surface area contributed by atoms with Crippen molar-refractivity contribution in [2.45, 2.75) is 51.1 Å². The Labute approximate surface area is 157 Å². The van der Waals surface area contributed by atoms with Crippen LogP contribution in [0.25, 0.3) is 0 Å². The van der Waals surface area contributed by atoms with Crippen molar-refractivity contribution in [1.29, 1.82) is 0 Å². The largest absolute Gasteiger partial charge is 0.494 e. The first kappa shape index (κ1) is 17.8. The van der Waals surface area contributed by atoms with E-state index < -0.39 is 17.3 Å². The number of nitrogens with zero attached hydrogens (tertiary/aromatic N) is 1. The molecular formula is C21H25N3O3. The van der Waals surface area contributed by atoms with Crippen molar-refractivity contribution in [2.24, 2.45) is 0 Å². The topological polar surface area (TPSA) is 87.1 Å². The van der Waals surface area contributed by atoms with Crippen LogP contribution in [0.5, 0.6) is 5.88 Å². The minimum absolute atomic E-state index is 0.222. The van der Waals surface area contributed by atoms with Gasteiger partial charge in [0.15, 0.2) is 0 Å². The lowest BCUT2D eigenvalue weighted by Crippen LogP contribution is -2.39. The first-order valence-corrected chi connectivity index (χ1v) is 9.70. The third kappa shape index (κ3) is 3.49. The molecule has 2 aromatic rings. The summed E-state index contributed by atoms with van der Waals surface area (Å²) in [4.78, 5) is 27.3. The van der Waals surface area contributed by atoms with E-state index in [1.807, 2.05) is 24.3 Å². The molecule has 27 heavy (non-hydrogen) atoms. The highest BCUT2D eigenvalue weighted by Gasteiger charge is 2.28. The van der Waals surface area contributed by atoms with Gasteiger partial charge >= 0.3 is 5.69 Å². The Hall–Kier alpha value is -2.60. The lowest BCUT2D eigenvalue weighted by Gasteiger charge is -2.27. The summed E-state index contributed by atoms with van der Waals surface area (Å²) < 4.78 is 1.30. The molecule has 0 unspecified atom stereocenters. The van der Waals surface area contributed by atoms with E-state index in [1.165, 1.54) is 23.0 Å². The lowest BCUT2D eigenvalue weighted by molar-refractivity contribution is 0.382. The van der Waals surface area contributed by atoms with E-state index >= 15 is 0 Å². The normalized spacial score (nSPS) is 19.4. The molecular weight excluding hydrogens is 342 g/mol. The average Bonchev–Trinajstić information content (AvgIpc) is 2.68. The maximum Gasteiger partial charge on any atom is 0.331 e. The van der Waals surface area contributed by atoms with Crippen LogP contribution in [0.15, 0.2) is 45.5 Å². The lowest BCUT2D eigenvalue weighted by atomic mass is 9.90. The Morgan fingerprint density at radius 2 is 2.00 bits per heavy atom. The van der Waals surface area contributed by atoms with Crippen LogP contribution in [0.2, 0.25) is 0 Å². The highest BCUT2D eigenvalue weighted by Crippen LogP contribution is 2.31. The highest BCUT2D eigenvalue weighted by molar-refractivity contribution is 5.41. The number of fused-ring (bicyclic) bond motifs is 1. The molecule has 1 aliphatic carbocycles. The molecule has 1 aromatic carbocycles. The Bertz CT molecular complexity index is 987. The van der Waals surface area contributed by atoms with Crippen molar-refractivity contribution in [3.63, 3.8) is 0 Å². The standard InChI is InChI=1S/C21H25N3O3/c25-19-17(18-16-9-5-4-8-15(16)10-12-22-18)20(26)24(21(27)23-19)13-11-14-6-2-1-3-7-14/h4-6,8-9,18,22,26H,1-3,7,10-13H2,(H,23,25,27)/t18-/m0/s1. The zero-order valence-corrected chi connectivity index (χ0v) is 15.3. The molecule has 4 rings (SSSR count). The highest BCUT2D eigenvalue weighted by atomic mass is 16.3. The van der Waals surface area contributed by atoms with Crippen molar-refractivity contribution in [3.05, 3.63) is 73.4 Å². The molecule has 2 heterocycles. The number of allylic oxidation sites excluding steroid dienone is 2. The molecule has 0 fully saturated rings. The van der Waals surface area contributed by atoms with E-state index in [9.17, 15) is 14.7 Å². The number of H-pyrrole nitrogens is 1. The molecule has 6 heteroatoms. The third-order valence-corrected chi connectivity index (χ3v) is 5.65. The van der Waals surface area contributed by atoms with Gasteiger partial charge in [0.1, 0.15) is 0 Å². The zero-order valence-electron chi connectivity index (χ0n) is 15.3. The molecule has 142 valence electrons. The summed E-state index contributed by atoms with van der Waals surface area (Å²) in [7, 11) is 0. The van der Waals surface area contributed by atoms with Gasteiger partial charge in [-0.3, -0.25) is 14.3 Å². The van der Waals surface area contributed by atoms with Gasteiger partial charge in [-0.1, -0.05) is 35.9 Å². The molecule has 2 aliphatic rings. The number of benzene rings is 1. The van der Waals surface area contributed by atoms with Crippen molar-refractivity contribution in [1.82, 2.24) is 14.9 Å². The molecule has 1 aliphatic heterocycles. The number of hydrogen-bond acceptors (Lipinski definition) is 4. The molecule has 0 saturated heterocycles. The first-order valence-electron chi connectivity index (χ1n) is 9.70. The van der Waals surface area contributed by atoms with Crippen molar-refractivity contribution in [3.8, 4) is 5.88 Å². The summed E-state index contributed by atoms with van der Waals surface area (Å²) in [5.41, 5.74) is 2.59. The smallest absolute Gasteiger partial charge is 0.331 e. The number of aromatic amines is 1. The third-order valence-electron chi connectivity index (χ3n) is 5.65. The van der Waals surface area contributed by atoms with Crippen LogP contribution in [0.4, 0.5) is 0 Å². The Morgan fingerprint density at radius 1 is 1.15 bits per heavy atom. The molecule has 1 aromatic heterocycles. The van der Waals surface area contributed by atoms with Crippen LogP contribution >= 0.6 is 0 Å². The monoisotopic (exact) mass is 367 g/mol. The Balaban J connectivity index is 1.71. The van der Waals surface area contributed by atoms with Gasteiger partial charge in [-0.25, -0.2) is 4.79 Å². The van der Waals surface area contributed by atoms with Crippen LogP contribution in [-0.4, -0.2) is 21.2 Å². The second kappa shape index (κ2) is 7.56. The van der Waals surface area contributed by atoms with Gasteiger partial charge in [-0.15, -0.1) is 0 Å². The van der Waals surface area contributed by atoms with E-state index in [-0.39, 0.29) is 11.4 Å². The number of nitrogens with one attached hydrogen (secondary N) is 2. The van der Waals surface area contributed by atoms with Crippen molar-refractivity contribution in [2.75, 3.05) is 6.54 Å².